The molecular formula is C15H19NS. The van der Waals surface area contributed by atoms with Gasteiger partial charge in [0.05, 0.1) is 0 Å². The molecule has 0 bridgehead atoms. The van der Waals surface area contributed by atoms with Gasteiger partial charge in [-0.25, -0.2) is 0 Å². The normalized spacial score (nSPS) is 12.6. The molecule has 1 unspecified atom stereocenters. The zero-order valence-electron chi connectivity index (χ0n) is 10.4. The molecular weight excluding hydrogens is 226 g/mol. The molecule has 2 aromatic rings. The Balaban J connectivity index is 2.00. The lowest BCUT2D eigenvalue weighted by molar-refractivity contribution is 0.557. The summed E-state index contributed by atoms with van der Waals surface area (Å²) in [6.07, 6.45) is 2.29. The summed E-state index contributed by atoms with van der Waals surface area (Å²) < 4.78 is 0. The maximum atomic E-state index is 3.40. The Labute approximate surface area is 108 Å². The summed E-state index contributed by atoms with van der Waals surface area (Å²) in [5.74, 6) is 0. The van der Waals surface area contributed by atoms with Crippen LogP contribution in [0.4, 0.5) is 0 Å². The summed E-state index contributed by atoms with van der Waals surface area (Å²) in [5, 5.41) is 5.55. The number of hydrogen-bond acceptors (Lipinski definition) is 2. The molecule has 0 saturated carbocycles. The van der Waals surface area contributed by atoms with Gasteiger partial charge in [0.2, 0.25) is 0 Å². The summed E-state index contributed by atoms with van der Waals surface area (Å²) in [6, 6.07) is 13.5. The van der Waals surface area contributed by atoms with Crippen LogP contribution in [0, 0.1) is 6.92 Å². The number of thiophene rings is 1. The third kappa shape index (κ3) is 3.18. The first-order chi connectivity index (χ1) is 8.31. The van der Waals surface area contributed by atoms with E-state index < -0.39 is 0 Å². The van der Waals surface area contributed by atoms with Crippen molar-refractivity contribution in [2.45, 2.75) is 25.8 Å². The van der Waals surface area contributed by atoms with Gasteiger partial charge in [-0.1, -0.05) is 30.3 Å². The third-order valence-electron chi connectivity index (χ3n) is 3.20. The zero-order valence-corrected chi connectivity index (χ0v) is 11.3. The van der Waals surface area contributed by atoms with Crippen molar-refractivity contribution in [2.24, 2.45) is 0 Å². The van der Waals surface area contributed by atoms with Gasteiger partial charge in [0, 0.05) is 10.9 Å². The summed E-state index contributed by atoms with van der Waals surface area (Å²) >= 11 is 1.83. The van der Waals surface area contributed by atoms with Gasteiger partial charge in [0.1, 0.15) is 0 Å². The van der Waals surface area contributed by atoms with Gasteiger partial charge in [0.15, 0.2) is 0 Å². The first-order valence-electron chi connectivity index (χ1n) is 6.06. The Morgan fingerprint density at radius 2 is 2.00 bits per heavy atom. The molecule has 0 radical (unpaired) electrons. The van der Waals surface area contributed by atoms with E-state index in [1.807, 2.05) is 18.4 Å². The molecule has 2 heteroatoms. The Bertz CT molecular complexity index is 448. The highest BCUT2D eigenvalue weighted by Gasteiger charge is 2.10. The average molecular weight is 245 g/mol. The maximum absolute atomic E-state index is 3.40. The van der Waals surface area contributed by atoms with Gasteiger partial charge < -0.3 is 5.32 Å². The first kappa shape index (κ1) is 12.3. The molecule has 1 aromatic carbocycles. The minimum absolute atomic E-state index is 0.481. The van der Waals surface area contributed by atoms with Crippen molar-refractivity contribution in [1.29, 1.82) is 0 Å². The molecule has 0 aliphatic carbocycles. The molecule has 2 rings (SSSR count). The Kier molecular flexibility index (Phi) is 4.35. The lowest BCUT2D eigenvalue weighted by Crippen LogP contribution is -2.16. The van der Waals surface area contributed by atoms with E-state index in [4.69, 9.17) is 0 Å². The zero-order chi connectivity index (χ0) is 12.1. The molecule has 90 valence electrons. The van der Waals surface area contributed by atoms with Crippen molar-refractivity contribution in [3.8, 4) is 0 Å². The minimum Gasteiger partial charge on any atom is -0.312 e. The molecule has 0 aliphatic rings. The van der Waals surface area contributed by atoms with E-state index in [9.17, 15) is 0 Å². The fourth-order valence-electron chi connectivity index (χ4n) is 2.11. The number of benzene rings is 1. The van der Waals surface area contributed by atoms with E-state index in [1.165, 1.54) is 16.0 Å². The molecule has 0 aliphatic heterocycles. The van der Waals surface area contributed by atoms with Crippen LogP contribution in [-0.2, 0) is 6.42 Å². The number of rotatable bonds is 5. The predicted octanol–water partition coefficient (Wildman–Crippen LogP) is 3.95. The largest absolute Gasteiger partial charge is 0.312 e. The van der Waals surface area contributed by atoms with Crippen LogP contribution in [0.15, 0.2) is 41.8 Å². The number of hydrogen-bond donors (Lipinski definition) is 1. The molecule has 1 heterocycles. The van der Waals surface area contributed by atoms with Crippen LogP contribution in [0.1, 0.15) is 28.5 Å². The van der Waals surface area contributed by atoms with E-state index >= 15 is 0 Å². The second-order valence-electron chi connectivity index (χ2n) is 4.32. The fourth-order valence-corrected chi connectivity index (χ4v) is 2.98. The van der Waals surface area contributed by atoms with Crippen LogP contribution in [0.2, 0.25) is 0 Å². The average Bonchev–Trinajstić information content (AvgIpc) is 2.86. The molecule has 1 atom stereocenters. The predicted molar refractivity (Wildman–Crippen MR) is 75.6 cm³/mol. The Morgan fingerprint density at radius 1 is 1.18 bits per heavy atom. The highest BCUT2D eigenvalue weighted by molar-refractivity contribution is 7.10. The van der Waals surface area contributed by atoms with Gasteiger partial charge in [-0.15, -0.1) is 11.3 Å². The quantitative estimate of drug-likeness (QED) is 0.841. The summed E-state index contributed by atoms with van der Waals surface area (Å²) in [6.45, 7) is 2.19. The van der Waals surface area contributed by atoms with E-state index in [1.54, 1.807) is 0 Å². The van der Waals surface area contributed by atoms with Crippen molar-refractivity contribution in [3.63, 3.8) is 0 Å². The van der Waals surface area contributed by atoms with E-state index in [-0.39, 0.29) is 0 Å². The van der Waals surface area contributed by atoms with Crippen molar-refractivity contribution in [3.05, 3.63) is 57.8 Å². The second-order valence-corrected chi connectivity index (χ2v) is 5.30. The highest BCUT2D eigenvalue weighted by Crippen LogP contribution is 2.23. The molecule has 1 aromatic heterocycles. The lowest BCUT2D eigenvalue weighted by Gasteiger charge is -2.15. The molecule has 1 nitrogen and oxygen atoms in total. The van der Waals surface area contributed by atoms with Crippen LogP contribution < -0.4 is 5.32 Å². The molecule has 17 heavy (non-hydrogen) atoms. The lowest BCUT2D eigenvalue weighted by atomic mass is 10.0. The Morgan fingerprint density at radius 3 is 2.65 bits per heavy atom. The monoisotopic (exact) mass is 245 g/mol. The molecule has 1 N–H and O–H groups in total. The molecule has 0 saturated heterocycles. The van der Waals surface area contributed by atoms with Crippen molar-refractivity contribution < 1.29 is 0 Å². The fraction of sp³-hybridized carbons (Fsp3) is 0.333. The van der Waals surface area contributed by atoms with Crippen LogP contribution in [0.3, 0.4) is 0 Å². The van der Waals surface area contributed by atoms with E-state index in [0.717, 1.165) is 12.8 Å². The standard InChI is InChI=1S/C15H19NS/c1-12-6-3-4-7-13(12)9-10-14(16-2)15-8-5-11-17-15/h3-8,11,14,16H,9-10H2,1-2H3. The van der Waals surface area contributed by atoms with Crippen LogP contribution in [0.25, 0.3) is 0 Å². The van der Waals surface area contributed by atoms with Crippen LogP contribution >= 0.6 is 11.3 Å². The summed E-state index contributed by atoms with van der Waals surface area (Å²) in [7, 11) is 2.04. The minimum atomic E-state index is 0.481. The second kappa shape index (κ2) is 5.99. The van der Waals surface area contributed by atoms with Gasteiger partial charge >= 0.3 is 0 Å². The SMILES string of the molecule is CNC(CCc1ccccc1C)c1cccs1. The van der Waals surface area contributed by atoms with Gasteiger partial charge in [-0.2, -0.15) is 0 Å². The summed E-state index contributed by atoms with van der Waals surface area (Å²) in [5.41, 5.74) is 2.86. The van der Waals surface area contributed by atoms with Crippen molar-refractivity contribution in [1.82, 2.24) is 5.32 Å². The number of nitrogens with one attached hydrogen (secondary N) is 1. The molecule has 0 fully saturated rings. The van der Waals surface area contributed by atoms with Gasteiger partial charge in [-0.05, 0) is 49.4 Å². The molecule has 0 spiro atoms. The first-order valence-corrected chi connectivity index (χ1v) is 6.94. The summed E-state index contributed by atoms with van der Waals surface area (Å²) in [4.78, 5) is 1.43. The number of aryl methyl sites for hydroxylation is 2. The van der Waals surface area contributed by atoms with E-state index in [2.05, 4.69) is 54.0 Å². The maximum Gasteiger partial charge on any atom is 0.0415 e. The van der Waals surface area contributed by atoms with Gasteiger partial charge in [0.25, 0.3) is 0 Å². The smallest absolute Gasteiger partial charge is 0.0415 e. The van der Waals surface area contributed by atoms with E-state index in [0.29, 0.717) is 6.04 Å². The highest BCUT2D eigenvalue weighted by atomic mass is 32.1. The van der Waals surface area contributed by atoms with Crippen molar-refractivity contribution >= 4 is 11.3 Å². The third-order valence-corrected chi connectivity index (χ3v) is 4.18. The molecule has 0 amide bonds. The Hall–Kier alpha value is -1.12. The van der Waals surface area contributed by atoms with Gasteiger partial charge in [-0.3, -0.25) is 0 Å². The topological polar surface area (TPSA) is 12.0 Å². The van der Waals surface area contributed by atoms with Crippen LogP contribution in [0.5, 0.6) is 0 Å². The van der Waals surface area contributed by atoms with Crippen molar-refractivity contribution in [2.75, 3.05) is 7.05 Å². The van der Waals surface area contributed by atoms with Crippen LogP contribution in [-0.4, -0.2) is 7.05 Å².